The lowest BCUT2D eigenvalue weighted by Crippen LogP contribution is -2.23. The molecule has 0 saturated carbocycles. The van der Waals surface area contributed by atoms with Crippen molar-refractivity contribution in [1.29, 1.82) is 5.26 Å². The largest absolute Gasteiger partial charge is 0.497 e. The minimum Gasteiger partial charge on any atom is -0.497 e. The summed E-state index contributed by atoms with van der Waals surface area (Å²) in [5.74, 6) is 0.372. The van der Waals surface area contributed by atoms with Gasteiger partial charge in [0.25, 0.3) is 5.91 Å². The molecule has 136 valence electrons. The Bertz CT molecular complexity index is 1020. The number of carbonyl (C=O) groups excluding carboxylic acids is 1. The van der Waals surface area contributed by atoms with Gasteiger partial charge in [0.05, 0.1) is 7.11 Å². The first-order valence-corrected chi connectivity index (χ1v) is 8.77. The minimum absolute atomic E-state index is 0.0857. The van der Waals surface area contributed by atoms with Crippen LogP contribution in [0.25, 0.3) is 17.0 Å². The maximum absolute atomic E-state index is 12.5. The molecule has 2 aromatic carbocycles. The van der Waals surface area contributed by atoms with Crippen molar-refractivity contribution in [2.24, 2.45) is 0 Å². The summed E-state index contributed by atoms with van der Waals surface area (Å²) in [5, 5.41) is 13.3. The summed E-state index contributed by atoms with van der Waals surface area (Å²) in [6.07, 6.45) is 3.62. The summed E-state index contributed by atoms with van der Waals surface area (Å²) in [7, 11) is 1.61. The third-order valence-corrected chi connectivity index (χ3v) is 4.44. The number of para-hydroxylation sites is 1. The highest BCUT2D eigenvalue weighted by Crippen LogP contribution is 2.23. The molecule has 0 bridgehead atoms. The number of aryl methyl sites for hydroxylation is 1. The summed E-state index contributed by atoms with van der Waals surface area (Å²) in [5.41, 5.74) is 2.97. The third kappa shape index (κ3) is 4.01. The first-order valence-electron chi connectivity index (χ1n) is 8.77. The molecule has 0 atom stereocenters. The summed E-state index contributed by atoms with van der Waals surface area (Å²) >= 11 is 0. The SMILES string of the molecule is CCn1cc(/C=C(\C#N)C(=O)NCc2ccc(OC)cc2)c2ccccc21. The van der Waals surface area contributed by atoms with Gasteiger partial charge in [-0.1, -0.05) is 30.3 Å². The highest BCUT2D eigenvalue weighted by molar-refractivity contribution is 6.04. The van der Waals surface area contributed by atoms with E-state index >= 15 is 0 Å². The molecule has 5 heteroatoms. The Kier molecular flexibility index (Phi) is 5.58. The zero-order valence-corrected chi connectivity index (χ0v) is 15.4. The van der Waals surface area contributed by atoms with Gasteiger partial charge in [0.1, 0.15) is 17.4 Å². The summed E-state index contributed by atoms with van der Waals surface area (Å²) in [4.78, 5) is 12.5. The van der Waals surface area contributed by atoms with Crippen molar-refractivity contribution in [3.63, 3.8) is 0 Å². The van der Waals surface area contributed by atoms with Crippen molar-refractivity contribution in [1.82, 2.24) is 9.88 Å². The van der Waals surface area contributed by atoms with Crippen LogP contribution in [0.1, 0.15) is 18.1 Å². The molecule has 0 unspecified atom stereocenters. The predicted molar refractivity (Wildman–Crippen MR) is 106 cm³/mol. The van der Waals surface area contributed by atoms with Crippen LogP contribution < -0.4 is 10.1 Å². The summed E-state index contributed by atoms with van der Waals surface area (Å²) in [6, 6.07) is 17.4. The average molecular weight is 359 g/mol. The normalized spacial score (nSPS) is 11.2. The van der Waals surface area contributed by atoms with Gasteiger partial charge in [-0.15, -0.1) is 0 Å². The molecule has 1 heterocycles. The lowest BCUT2D eigenvalue weighted by atomic mass is 10.1. The number of aromatic nitrogens is 1. The minimum atomic E-state index is -0.387. The second-order valence-corrected chi connectivity index (χ2v) is 6.09. The molecule has 0 fully saturated rings. The van der Waals surface area contributed by atoms with Gasteiger partial charge in [-0.3, -0.25) is 4.79 Å². The van der Waals surface area contributed by atoms with Gasteiger partial charge >= 0.3 is 0 Å². The van der Waals surface area contributed by atoms with Crippen molar-refractivity contribution in [2.75, 3.05) is 7.11 Å². The van der Waals surface area contributed by atoms with E-state index in [1.54, 1.807) is 13.2 Å². The smallest absolute Gasteiger partial charge is 0.262 e. The van der Waals surface area contributed by atoms with Crippen LogP contribution in [0.2, 0.25) is 0 Å². The van der Waals surface area contributed by atoms with E-state index in [1.165, 1.54) is 0 Å². The van der Waals surface area contributed by atoms with Gasteiger partial charge in [0.2, 0.25) is 0 Å². The number of carbonyl (C=O) groups is 1. The van der Waals surface area contributed by atoms with Crippen LogP contribution in [0, 0.1) is 11.3 Å². The zero-order valence-electron chi connectivity index (χ0n) is 15.4. The molecule has 0 saturated heterocycles. The second kappa shape index (κ2) is 8.24. The van der Waals surface area contributed by atoms with Gasteiger partial charge in [-0.25, -0.2) is 0 Å². The van der Waals surface area contributed by atoms with Crippen LogP contribution >= 0.6 is 0 Å². The molecular formula is C22H21N3O2. The molecule has 0 aliphatic rings. The fourth-order valence-corrected chi connectivity index (χ4v) is 2.98. The van der Waals surface area contributed by atoms with Crippen molar-refractivity contribution >= 4 is 22.9 Å². The number of hydrogen-bond acceptors (Lipinski definition) is 3. The van der Waals surface area contributed by atoms with Crippen LogP contribution in [-0.2, 0) is 17.9 Å². The Hall–Kier alpha value is -3.52. The third-order valence-electron chi connectivity index (χ3n) is 4.44. The lowest BCUT2D eigenvalue weighted by molar-refractivity contribution is -0.117. The fourth-order valence-electron chi connectivity index (χ4n) is 2.98. The van der Waals surface area contributed by atoms with Gasteiger partial charge in [-0.05, 0) is 36.8 Å². The maximum atomic E-state index is 12.5. The van der Waals surface area contributed by atoms with Crippen LogP contribution in [-0.4, -0.2) is 17.6 Å². The Morgan fingerprint density at radius 3 is 2.63 bits per heavy atom. The summed E-state index contributed by atoms with van der Waals surface area (Å²) in [6.45, 7) is 3.23. The van der Waals surface area contributed by atoms with Crippen LogP contribution in [0.3, 0.4) is 0 Å². The number of rotatable bonds is 6. The topological polar surface area (TPSA) is 67.0 Å². The van der Waals surface area contributed by atoms with Crippen molar-refractivity contribution in [3.8, 4) is 11.8 Å². The number of methoxy groups -OCH3 is 1. The molecule has 0 aliphatic heterocycles. The van der Waals surface area contributed by atoms with Crippen molar-refractivity contribution in [2.45, 2.75) is 20.0 Å². The molecule has 3 aromatic rings. The first kappa shape index (κ1) is 18.3. The standard InChI is InChI=1S/C22H21N3O2/c1-3-25-15-18(20-6-4-5-7-21(20)25)12-17(13-23)22(26)24-14-16-8-10-19(27-2)11-9-16/h4-12,15H,3,14H2,1-2H3,(H,24,26)/b17-12+. The van der Waals surface area contributed by atoms with E-state index in [0.717, 1.165) is 34.3 Å². The molecule has 3 rings (SSSR count). The highest BCUT2D eigenvalue weighted by atomic mass is 16.5. The second-order valence-electron chi connectivity index (χ2n) is 6.09. The number of hydrogen-bond donors (Lipinski definition) is 1. The monoisotopic (exact) mass is 359 g/mol. The lowest BCUT2D eigenvalue weighted by Gasteiger charge is -2.05. The number of benzene rings is 2. The molecular weight excluding hydrogens is 338 g/mol. The Morgan fingerprint density at radius 1 is 1.22 bits per heavy atom. The number of nitrogens with one attached hydrogen (secondary N) is 1. The molecule has 1 N–H and O–H groups in total. The molecule has 1 aromatic heterocycles. The van der Waals surface area contributed by atoms with Crippen molar-refractivity contribution in [3.05, 3.63) is 71.4 Å². The molecule has 0 spiro atoms. The molecule has 27 heavy (non-hydrogen) atoms. The Balaban J connectivity index is 1.79. The highest BCUT2D eigenvalue weighted by Gasteiger charge is 2.12. The first-order chi connectivity index (χ1) is 13.2. The fraction of sp³-hybridized carbons (Fsp3) is 0.182. The zero-order chi connectivity index (χ0) is 19.2. The number of nitriles is 1. The Labute approximate surface area is 158 Å². The van der Waals surface area contributed by atoms with E-state index < -0.39 is 0 Å². The van der Waals surface area contributed by atoms with E-state index in [4.69, 9.17) is 4.74 Å². The molecule has 1 amide bonds. The number of nitrogens with zero attached hydrogens (tertiary/aromatic N) is 2. The van der Waals surface area contributed by atoms with E-state index in [2.05, 4.69) is 16.8 Å². The van der Waals surface area contributed by atoms with Crippen molar-refractivity contribution < 1.29 is 9.53 Å². The van der Waals surface area contributed by atoms with Crippen LogP contribution in [0.4, 0.5) is 0 Å². The van der Waals surface area contributed by atoms with Gasteiger partial charge in [0, 0.05) is 35.8 Å². The van der Waals surface area contributed by atoms with Gasteiger partial charge in [-0.2, -0.15) is 5.26 Å². The number of ether oxygens (including phenoxy) is 1. The Morgan fingerprint density at radius 2 is 1.96 bits per heavy atom. The molecule has 0 radical (unpaired) electrons. The molecule has 0 aliphatic carbocycles. The van der Waals surface area contributed by atoms with E-state index in [-0.39, 0.29) is 11.5 Å². The summed E-state index contributed by atoms with van der Waals surface area (Å²) < 4.78 is 7.22. The average Bonchev–Trinajstić information content (AvgIpc) is 3.08. The van der Waals surface area contributed by atoms with Gasteiger partial charge < -0.3 is 14.6 Å². The maximum Gasteiger partial charge on any atom is 0.262 e. The van der Waals surface area contributed by atoms with Crippen LogP contribution in [0.5, 0.6) is 5.75 Å². The van der Waals surface area contributed by atoms with E-state index in [0.29, 0.717) is 6.54 Å². The molecule has 5 nitrogen and oxygen atoms in total. The number of fused-ring (bicyclic) bond motifs is 1. The predicted octanol–water partition coefficient (Wildman–Crippen LogP) is 3.89. The van der Waals surface area contributed by atoms with Crippen LogP contribution in [0.15, 0.2) is 60.3 Å². The van der Waals surface area contributed by atoms with E-state index in [9.17, 15) is 10.1 Å². The quantitative estimate of drug-likeness (QED) is 0.536. The number of amides is 1. The van der Waals surface area contributed by atoms with Gasteiger partial charge in [0.15, 0.2) is 0 Å². The van der Waals surface area contributed by atoms with E-state index in [1.807, 2.05) is 60.8 Å².